The molecule has 0 bridgehead atoms. The van der Waals surface area contributed by atoms with Crippen LogP contribution in [0.15, 0.2) is 24.4 Å². The van der Waals surface area contributed by atoms with Crippen molar-refractivity contribution < 1.29 is 36.6 Å². The van der Waals surface area contributed by atoms with E-state index < -0.39 is 41.9 Å². The number of carbonyl (C=O) groups is 2. The molecule has 1 saturated heterocycles. The van der Waals surface area contributed by atoms with E-state index in [-0.39, 0.29) is 47.6 Å². The molecule has 1 aliphatic heterocycles. The van der Waals surface area contributed by atoms with Gasteiger partial charge in [0.1, 0.15) is 29.4 Å². The van der Waals surface area contributed by atoms with Crippen molar-refractivity contribution in [3.63, 3.8) is 0 Å². The summed E-state index contributed by atoms with van der Waals surface area (Å²) in [5, 5.41) is 22.7. The quantitative estimate of drug-likeness (QED) is 0.561. The Balaban J connectivity index is 2.19. The van der Waals surface area contributed by atoms with Gasteiger partial charge in [-0.3, -0.25) is 4.79 Å². The maximum Gasteiger partial charge on any atom is 0.408 e. The molecule has 1 aromatic heterocycles. The smallest absolute Gasteiger partial charge is 0.408 e. The first-order valence-corrected chi connectivity index (χ1v) is 9.92. The molecule has 1 fully saturated rings. The molecule has 0 aliphatic carbocycles. The third kappa shape index (κ3) is 5.33. The number of aromatic nitrogens is 1. The highest BCUT2D eigenvalue weighted by Gasteiger charge is 2.38. The van der Waals surface area contributed by atoms with E-state index >= 15 is 0 Å². The van der Waals surface area contributed by atoms with Crippen LogP contribution in [-0.2, 0) is 0 Å². The molecule has 180 valence electrons. The van der Waals surface area contributed by atoms with Gasteiger partial charge < -0.3 is 20.6 Å². The largest absolute Gasteiger partial charge is 0.465 e. The predicted octanol–water partition coefficient (Wildman–Crippen LogP) is 3.43. The molecular weight excluding hydrogens is 465 g/mol. The van der Waals surface area contributed by atoms with Gasteiger partial charge in [-0.25, -0.2) is 18.6 Å². The summed E-state index contributed by atoms with van der Waals surface area (Å²) >= 11 is 0. The summed E-state index contributed by atoms with van der Waals surface area (Å²) in [6.07, 6.45) is -4.87. The second kappa shape index (κ2) is 9.50. The van der Waals surface area contributed by atoms with Crippen molar-refractivity contribution in [1.82, 2.24) is 15.6 Å². The Morgan fingerprint density at radius 2 is 1.91 bits per heavy atom. The lowest BCUT2D eigenvalue weighted by Gasteiger charge is -2.26. The van der Waals surface area contributed by atoms with E-state index in [2.05, 4.69) is 10.3 Å². The zero-order chi connectivity index (χ0) is 25.2. The van der Waals surface area contributed by atoms with Gasteiger partial charge in [-0.15, -0.1) is 0 Å². The summed E-state index contributed by atoms with van der Waals surface area (Å²) in [7, 11) is 0. The molecule has 0 unspecified atom stereocenters. The SMILES string of the molecule is C[C@H](NC(=O)c1cnc(C#N)c(-c2cc(F)cc(F)c2)c1N1CC[C@H](NC(=O)O)C1)C(F)(F)F. The average Bonchev–Trinajstić information content (AvgIpc) is 3.18. The number of nitriles is 1. The Morgan fingerprint density at radius 1 is 1.26 bits per heavy atom. The van der Waals surface area contributed by atoms with Gasteiger partial charge in [0.05, 0.1) is 17.3 Å². The van der Waals surface area contributed by atoms with E-state index in [1.54, 1.807) is 6.07 Å². The van der Waals surface area contributed by atoms with E-state index in [0.29, 0.717) is 6.07 Å². The number of anilines is 1. The summed E-state index contributed by atoms with van der Waals surface area (Å²) in [5.41, 5.74) is -1.10. The lowest BCUT2D eigenvalue weighted by Crippen LogP contribution is -2.43. The minimum Gasteiger partial charge on any atom is -0.465 e. The molecule has 3 rings (SSSR count). The average molecular weight is 483 g/mol. The Kier molecular flexibility index (Phi) is 6.90. The van der Waals surface area contributed by atoms with E-state index in [1.807, 2.05) is 5.32 Å². The van der Waals surface area contributed by atoms with Gasteiger partial charge in [0, 0.05) is 30.9 Å². The normalized spacial score (nSPS) is 16.6. The van der Waals surface area contributed by atoms with Gasteiger partial charge in [0.15, 0.2) is 0 Å². The molecule has 2 heterocycles. The van der Waals surface area contributed by atoms with E-state index in [9.17, 15) is 36.8 Å². The number of carboxylic acid groups (broad SMARTS) is 1. The van der Waals surface area contributed by atoms with Crippen molar-refractivity contribution >= 4 is 17.7 Å². The zero-order valence-electron chi connectivity index (χ0n) is 17.6. The highest BCUT2D eigenvalue weighted by molar-refractivity contribution is 6.04. The molecule has 0 spiro atoms. The van der Waals surface area contributed by atoms with Crippen LogP contribution in [0.5, 0.6) is 0 Å². The third-order valence-corrected chi connectivity index (χ3v) is 5.22. The number of amides is 2. The summed E-state index contributed by atoms with van der Waals surface area (Å²) in [4.78, 5) is 29.2. The molecule has 2 amide bonds. The number of nitrogens with zero attached hydrogens (tertiary/aromatic N) is 3. The minimum absolute atomic E-state index is 0.0128. The Morgan fingerprint density at radius 3 is 2.47 bits per heavy atom. The van der Waals surface area contributed by atoms with Crippen LogP contribution < -0.4 is 15.5 Å². The minimum atomic E-state index is -4.74. The highest BCUT2D eigenvalue weighted by Crippen LogP contribution is 2.38. The number of halogens is 5. The Hall–Kier alpha value is -3.95. The van der Waals surface area contributed by atoms with Crippen LogP contribution in [0.1, 0.15) is 29.4 Å². The number of rotatable bonds is 5. The molecule has 0 radical (unpaired) electrons. The van der Waals surface area contributed by atoms with Gasteiger partial charge >= 0.3 is 12.3 Å². The number of hydrogen-bond acceptors (Lipinski definition) is 5. The number of benzene rings is 1. The fraction of sp³-hybridized carbons (Fsp3) is 0.333. The molecule has 1 aromatic carbocycles. The van der Waals surface area contributed by atoms with Crippen LogP contribution in [0, 0.1) is 23.0 Å². The van der Waals surface area contributed by atoms with Crippen molar-refractivity contribution in [1.29, 1.82) is 5.26 Å². The topological polar surface area (TPSA) is 118 Å². The van der Waals surface area contributed by atoms with Crippen LogP contribution in [-0.4, -0.2) is 53.4 Å². The van der Waals surface area contributed by atoms with Crippen LogP contribution in [0.25, 0.3) is 11.1 Å². The zero-order valence-corrected chi connectivity index (χ0v) is 17.6. The molecule has 0 saturated carbocycles. The number of carbonyl (C=O) groups excluding carboxylic acids is 1. The number of pyridine rings is 1. The third-order valence-electron chi connectivity index (χ3n) is 5.22. The van der Waals surface area contributed by atoms with Crippen LogP contribution >= 0.6 is 0 Å². The van der Waals surface area contributed by atoms with Crippen molar-refractivity contribution in [3.05, 3.63) is 47.3 Å². The first-order chi connectivity index (χ1) is 15.9. The molecule has 2 aromatic rings. The Bertz CT molecular complexity index is 1140. The van der Waals surface area contributed by atoms with Gasteiger partial charge in [-0.1, -0.05) is 0 Å². The summed E-state index contributed by atoms with van der Waals surface area (Å²) in [5.74, 6) is -3.15. The summed E-state index contributed by atoms with van der Waals surface area (Å²) < 4.78 is 67.0. The summed E-state index contributed by atoms with van der Waals surface area (Å²) in [6, 6.07) is 1.33. The van der Waals surface area contributed by atoms with Crippen molar-refractivity contribution in [2.75, 3.05) is 18.0 Å². The van der Waals surface area contributed by atoms with Crippen molar-refractivity contribution in [2.24, 2.45) is 0 Å². The molecule has 2 atom stereocenters. The molecule has 1 aliphatic rings. The Labute approximate surface area is 190 Å². The first kappa shape index (κ1) is 24.7. The monoisotopic (exact) mass is 483 g/mol. The molecular formula is C21H18F5N5O3. The molecule has 34 heavy (non-hydrogen) atoms. The van der Waals surface area contributed by atoms with Crippen LogP contribution in [0.2, 0.25) is 0 Å². The first-order valence-electron chi connectivity index (χ1n) is 9.92. The second-order valence-corrected chi connectivity index (χ2v) is 7.63. The number of nitrogens with one attached hydrogen (secondary N) is 2. The van der Waals surface area contributed by atoms with E-state index in [4.69, 9.17) is 5.11 Å². The predicted molar refractivity (Wildman–Crippen MR) is 109 cm³/mol. The van der Waals surface area contributed by atoms with Gasteiger partial charge in [0.2, 0.25) is 0 Å². The standard InChI is InChI=1S/C21H18F5N5O3/c1-10(21(24,25)26)29-19(32)15-8-28-16(7-27)17(11-4-12(22)6-13(23)5-11)18(15)31-3-2-14(9-31)30-20(33)34/h4-6,8,10,14,30H,2-3,9H2,1H3,(H,29,32)(H,33,34)/t10-,14-/m0/s1. The van der Waals surface area contributed by atoms with Gasteiger partial charge in [0.25, 0.3) is 5.91 Å². The lowest BCUT2D eigenvalue weighted by atomic mass is 9.97. The fourth-order valence-electron chi connectivity index (χ4n) is 3.66. The van der Waals surface area contributed by atoms with Crippen LogP contribution in [0.3, 0.4) is 0 Å². The van der Waals surface area contributed by atoms with Crippen LogP contribution in [0.4, 0.5) is 32.4 Å². The fourth-order valence-corrected chi connectivity index (χ4v) is 3.66. The maximum atomic E-state index is 14.0. The lowest BCUT2D eigenvalue weighted by molar-refractivity contribution is -0.149. The van der Waals surface area contributed by atoms with Crippen molar-refractivity contribution in [2.45, 2.75) is 31.6 Å². The molecule has 13 heteroatoms. The van der Waals surface area contributed by atoms with Gasteiger partial charge in [-0.05, 0) is 31.0 Å². The van der Waals surface area contributed by atoms with E-state index in [1.165, 1.54) is 4.90 Å². The number of alkyl halides is 3. The van der Waals surface area contributed by atoms with Gasteiger partial charge in [-0.2, -0.15) is 18.4 Å². The maximum absolute atomic E-state index is 14.0. The molecule has 3 N–H and O–H groups in total. The van der Waals surface area contributed by atoms with Crippen molar-refractivity contribution in [3.8, 4) is 17.2 Å². The van der Waals surface area contributed by atoms with E-state index in [0.717, 1.165) is 25.3 Å². The molecule has 8 nitrogen and oxygen atoms in total. The summed E-state index contributed by atoms with van der Waals surface area (Å²) in [6.45, 7) is 0.862. The second-order valence-electron chi connectivity index (χ2n) is 7.63. The highest BCUT2D eigenvalue weighted by atomic mass is 19.4. The number of hydrogen-bond donors (Lipinski definition) is 3.